The molecule has 0 saturated carbocycles. The smallest absolute Gasteiger partial charge is 0.289 e. The molecule has 6 heteroatoms. The number of nitrogens with zero attached hydrogens (tertiary/aromatic N) is 1. The number of hydrogen-bond donors (Lipinski definition) is 0. The number of thioether (sulfide) groups is 1. The Balaban J connectivity index is 2.09. The van der Waals surface area contributed by atoms with Crippen LogP contribution in [-0.2, 0) is 11.2 Å². The number of benzene rings is 1. The number of ether oxygens (including phenoxy) is 1. The van der Waals surface area contributed by atoms with E-state index in [0.717, 1.165) is 17.3 Å². The third kappa shape index (κ3) is 3.57. The molecular formula is C16H16ClNO3S. The van der Waals surface area contributed by atoms with Gasteiger partial charge in [0, 0.05) is 6.04 Å². The number of carbonyl (C=O) groups is 2. The lowest BCUT2D eigenvalue weighted by atomic mass is 10.1. The standard InChI is InChI=1S/C16H16ClNO3S/c1-4-7-21-13-6-5-11(8-12(13)17)9-14-15(19)18(10(2)3)16(20)22-14/h1,5-6,8,10,14H,7,9H2,2-3H3/t14-/m1/s1. The number of amides is 2. The highest BCUT2D eigenvalue weighted by molar-refractivity contribution is 8.15. The van der Waals surface area contributed by atoms with Gasteiger partial charge in [-0.3, -0.25) is 14.5 Å². The molecule has 2 amide bonds. The number of halogens is 1. The van der Waals surface area contributed by atoms with Gasteiger partial charge in [-0.1, -0.05) is 35.3 Å². The van der Waals surface area contributed by atoms with Crippen molar-refractivity contribution in [2.45, 2.75) is 31.6 Å². The van der Waals surface area contributed by atoms with Gasteiger partial charge < -0.3 is 4.74 Å². The second kappa shape index (κ2) is 7.08. The second-order valence-corrected chi connectivity index (χ2v) is 6.70. The van der Waals surface area contributed by atoms with E-state index in [1.54, 1.807) is 12.1 Å². The van der Waals surface area contributed by atoms with Crippen molar-refractivity contribution in [2.75, 3.05) is 6.61 Å². The Hall–Kier alpha value is -1.64. The molecule has 1 aliphatic rings. The second-order valence-electron chi connectivity index (χ2n) is 5.14. The van der Waals surface area contributed by atoms with Crippen molar-refractivity contribution in [1.82, 2.24) is 4.90 Å². The zero-order valence-electron chi connectivity index (χ0n) is 12.3. The number of hydrogen-bond acceptors (Lipinski definition) is 4. The Morgan fingerprint density at radius 3 is 2.73 bits per heavy atom. The molecule has 1 heterocycles. The van der Waals surface area contributed by atoms with Gasteiger partial charge in [-0.15, -0.1) is 6.42 Å². The van der Waals surface area contributed by atoms with E-state index in [0.29, 0.717) is 17.2 Å². The first-order valence-electron chi connectivity index (χ1n) is 6.82. The van der Waals surface area contributed by atoms with Crippen molar-refractivity contribution in [2.24, 2.45) is 0 Å². The summed E-state index contributed by atoms with van der Waals surface area (Å²) in [6, 6.07) is 5.17. The molecule has 22 heavy (non-hydrogen) atoms. The molecule has 0 aliphatic carbocycles. The lowest BCUT2D eigenvalue weighted by Gasteiger charge is -2.17. The third-order valence-corrected chi connectivity index (χ3v) is 4.54. The number of rotatable bonds is 5. The number of carbonyl (C=O) groups excluding carboxylic acids is 2. The van der Waals surface area contributed by atoms with Crippen LogP contribution in [0.1, 0.15) is 19.4 Å². The van der Waals surface area contributed by atoms with E-state index >= 15 is 0 Å². The zero-order chi connectivity index (χ0) is 16.3. The van der Waals surface area contributed by atoms with Gasteiger partial charge in [-0.2, -0.15) is 0 Å². The molecule has 0 N–H and O–H groups in total. The van der Waals surface area contributed by atoms with Crippen LogP contribution in [0.5, 0.6) is 5.75 Å². The van der Waals surface area contributed by atoms with E-state index < -0.39 is 5.25 Å². The van der Waals surface area contributed by atoms with Crippen LogP contribution in [0.4, 0.5) is 4.79 Å². The molecule has 0 unspecified atom stereocenters. The fourth-order valence-corrected chi connectivity index (χ4v) is 3.60. The summed E-state index contributed by atoms with van der Waals surface area (Å²) < 4.78 is 5.30. The third-order valence-electron chi connectivity index (χ3n) is 3.20. The lowest BCUT2D eigenvalue weighted by molar-refractivity contribution is -0.127. The van der Waals surface area contributed by atoms with E-state index in [2.05, 4.69) is 5.92 Å². The highest BCUT2D eigenvalue weighted by atomic mass is 35.5. The zero-order valence-corrected chi connectivity index (χ0v) is 13.9. The Morgan fingerprint density at radius 1 is 1.45 bits per heavy atom. The Bertz CT molecular complexity index is 639. The number of imide groups is 1. The fraction of sp³-hybridized carbons (Fsp3) is 0.375. The Morgan fingerprint density at radius 2 is 2.18 bits per heavy atom. The van der Waals surface area contributed by atoms with Crippen LogP contribution in [-0.4, -0.2) is 33.9 Å². The van der Waals surface area contributed by atoms with E-state index in [9.17, 15) is 9.59 Å². The highest BCUT2D eigenvalue weighted by Crippen LogP contribution is 2.32. The molecular weight excluding hydrogens is 322 g/mol. The fourth-order valence-electron chi connectivity index (χ4n) is 2.19. The average molecular weight is 338 g/mol. The van der Waals surface area contributed by atoms with Crippen molar-refractivity contribution >= 4 is 34.5 Å². The molecule has 0 spiro atoms. The van der Waals surface area contributed by atoms with Crippen LogP contribution >= 0.6 is 23.4 Å². The van der Waals surface area contributed by atoms with Crippen molar-refractivity contribution in [3.05, 3.63) is 28.8 Å². The molecule has 1 aliphatic heterocycles. The van der Waals surface area contributed by atoms with Crippen molar-refractivity contribution in [1.29, 1.82) is 0 Å². The molecule has 0 bridgehead atoms. The first kappa shape index (κ1) is 16.7. The maximum Gasteiger partial charge on any atom is 0.289 e. The largest absolute Gasteiger partial charge is 0.479 e. The van der Waals surface area contributed by atoms with Crippen molar-refractivity contribution in [3.63, 3.8) is 0 Å². The normalized spacial score (nSPS) is 18.0. The van der Waals surface area contributed by atoms with Crippen LogP contribution in [0.25, 0.3) is 0 Å². The van der Waals surface area contributed by atoms with Gasteiger partial charge in [0.15, 0.2) is 0 Å². The Kier molecular flexibility index (Phi) is 5.38. The van der Waals surface area contributed by atoms with Crippen molar-refractivity contribution in [3.8, 4) is 18.1 Å². The lowest BCUT2D eigenvalue weighted by Crippen LogP contribution is -2.37. The van der Waals surface area contributed by atoms with Gasteiger partial charge in [-0.25, -0.2) is 0 Å². The van der Waals surface area contributed by atoms with E-state index in [4.69, 9.17) is 22.8 Å². The molecule has 1 aromatic carbocycles. The van der Waals surface area contributed by atoms with E-state index in [-0.39, 0.29) is 23.8 Å². The topological polar surface area (TPSA) is 46.6 Å². The minimum atomic E-state index is -0.400. The first-order chi connectivity index (χ1) is 10.4. The molecule has 0 aromatic heterocycles. The van der Waals surface area contributed by atoms with E-state index in [1.807, 2.05) is 19.9 Å². The monoisotopic (exact) mass is 337 g/mol. The maximum absolute atomic E-state index is 12.3. The number of terminal acetylenes is 1. The van der Waals surface area contributed by atoms with Gasteiger partial charge in [0.1, 0.15) is 12.4 Å². The average Bonchev–Trinajstić information content (AvgIpc) is 2.72. The molecule has 0 radical (unpaired) electrons. The summed E-state index contributed by atoms with van der Waals surface area (Å²) >= 11 is 7.20. The minimum absolute atomic E-state index is 0.124. The van der Waals surface area contributed by atoms with Gasteiger partial charge in [0.05, 0.1) is 10.3 Å². The summed E-state index contributed by atoms with van der Waals surface area (Å²) in [5.41, 5.74) is 0.877. The van der Waals surface area contributed by atoms with Gasteiger partial charge >= 0.3 is 0 Å². The predicted octanol–water partition coefficient (Wildman–Crippen LogP) is 3.37. The molecule has 4 nitrogen and oxygen atoms in total. The molecule has 2 rings (SSSR count). The van der Waals surface area contributed by atoms with Crippen LogP contribution in [0.3, 0.4) is 0 Å². The summed E-state index contributed by atoms with van der Waals surface area (Å²) in [5, 5.41) is -0.149. The summed E-state index contributed by atoms with van der Waals surface area (Å²) in [6.45, 7) is 3.80. The van der Waals surface area contributed by atoms with Gasteiger partial charge in [0.2, 0.25) is 5.91 Å². The minimum Gasteiger partial charge on any atom is -0.479 e. The summed E-state index contributed by atoms with van der Waals surface area (Å²) in [7, 11) is 0. The van der Waals surface area contributed by atoms with E-state index in [1.165, 1.54) is 4.90 Å². The summed E-state index contributed by atoms with van der Waals surface area (Å²) in [6.07, 6.45) is 5.59. The van der Waals surface area contributed by atoms with Crippen LogP contribution < -0.4 is 4.74 Å². The molecule has 1 aromatic rings. The molecule has 1 fully saturated rings. The quantitative estimate of drug-likeness (QED) is 0.773. The van der Waals surface area contributed by atoms with Gasteiger partial charge in [-0.05, 0) is 38.0 Å². The van der Waals surface area contributed by atoms with Crippen LogP contribution in [0, 0.1) is 12.3 Å². The Labute approximate surface area is 139 Å². The van der Waals surface area contributed by atoms with Crippen LogP contribution in [0.2, 0.25) is 5.02 Å². The highest BCUT2D eigenvalue weighted by Gasteiger charge is 2.40. The molecule has 1 atom stereocenters. The summed E-state index contributed by atoms with van der Waals surface area (Å²) in [5.74, 6) is 2.73. The van der Waals surface area contributed by atoms with Crippen molar-refractivity contribution < 1.29 is 14.3 Å². The molecule has 116 valence electrons. The molecule has 1 saturated heterocycles. The first-order valence-corrected chi connectivity index (χ1v) is 8.08. The SMILES string of the molecule is C#CCOc1ccc(C[C@H]2SC(=O)N(C(C)C)C2=O)cc1Cl. The van der Waals surface area contributed by atoms with Gasteiger partial charge in [0.25, 0.3) is 5.24 Å². The maximum atomic E-state index is 12.3. The summed E-state index contributed by atoms with van der Waals surface area (Å²) in [4.78, 5) is 25.4. The van der Waals surface area contributed by atoms with Crippen LogP contribution in [0.15, 0.2) is 18.2 Å². The predicted molar refractivity (Wildman–Crippen MR) is 88.2 cm³/mol.